The van der Waals surface area contributed by atoms with E-state index in [9.17, 15) is 13.2 Å². The number of nitrogens with zero attached hydrogens (tertiary/aromatic N) is 5. The smallest absolute Gasteiger partial charge is 0.354 e. The maximum atomic E-state index is 12.8. The standard InChI is InChI=1S/C26H28F3N5.C3H8.2C2H6/c1-4-21(20(3)22-5-8-24(9-6-22)34-18-30-15-19(34)2)17-32-11-13-33(14-12-32)25-10-7-23(16-31-25)26(27,28)29;1-3-2;2*1-2/h4-10,15-16,18H,3,11-14,17H2,1-2H3;3H2,1-2H3;2*1-2H3/b21-4-;;;. The Kier molecular flexibility index (Phi) is 15.8. The molecule has 0 radical (unpaired) electrons. The molecule has 3 heterocycles. The number of hydrogen-bond acceptors (Lipinski definition) is 4. The third kappa shape index (κ3) is 10.5. The number of aromatic nitrogens is 3. The molecular formula is C33H48F3N5. The lowest BCUT2D eigenvalue weighted by Crippen LogP contribution is -2.47. The highest BCUT2D eigenvalue weighted by atomic mass is 19.4. The fraction of sp³-hybridized carbons (Fsp3) is 0.455. The van der Waals surface area contributed by atoms with Crippen molar-refractivity contribution in [1.82, 2.24) is 19.4 Å². The van der Waals surface area contributed by atoms with Gasteiger partial charge in [0.05, 0.1) is 11.9 Å². The summed E-state index contributed by atoms with van der Waals surface area (Å²) in [6, 6.07) is 10.8. The summed E-state index contributed by atoms with van der Waals surface area (Å²) in [4.78, 5) is 12.6. The van der Waals surface area contributed by atoms with E-state index in [1.54, 1.807) is 6.33 Å². The Balaban J connectivity index is 0.00000110. The molecule has 1 aromatic carbocycles. The Bertz CT molecular complexity index is 1170. The van der Waals surface area contributed by atoms with Crippen LogP contribution in [0, 0.1) is 6.92 Å². The van der Waals surface area contributed by atoms with Gasteiger partial charge in [0.25, 0.3) is 0 Å². The first-order valence-electron chi connectivity index (χ1n) is 14.6. The van der Waals surface area contributed by atoms with E-state index in [4.69, 9.17) is 0 Å². The van der Waals surface area contributed by atoms with Gasteiger partial charge in [0, 0.05) is 56.5 Å². The fourth-order valence-electron chi connectivity index (χ4n) is 4.12. The second kappa shape index (κ2) is 18.1. The lowest BCUT2D eigenvalue weighted by atomic mass is 9.98. The lowest BCUT2D eigenvalue weighted by molar-refractivity contribution is -0.137. The number of pyridine rings is 1. The highest BCUT2D eigenvalue weighted by Crippen LogP contribution is 2.30. The van der Waals surface area contributed by atoms with Crippen LogP contribution in [0.1, 0.15) is 71.7 Å². The number of benzene rings is 1. The summed E-state index contributed by atoms with van der Waals surface area (Å²) < 4.78 is 40.4. The predicted molar refractivity (Wildman–Crippen MR) is 168 cm³/mol. The van der Waals surface area contributed by atoms with Crippen LogP contribution in [0.2, 0.25) is 0 Å². The average molecular weight is 572 g/mol. The molecule has 0 unspecified atom stereocenters. The number of hydrogen-bond donors (Lipinski definition) is 0. The third-order valence-corrected chi connectivity index (χ3v) is 6.22. The number of anilines is 1. The van der Waals surface area contributed by atoms with Crippen molar-refractivity contribution in [3.05, 3.63) is 90.2 Å². The van der Waals surface area contributed by atoms with E-state index in [0.29, 0.717) is 18.9 Å². The summed E-state index contributed by atoms with van der Waals surface area (Å²) in [5, 5.41) is 0. The van der Waals surface area contributed by atoms with Crippen LogP contribution < -0.4 is 4.90 Å². The van der Waals surface area contributed by atoms with Gasteiger partial charge in [-0.05, 0) is 54.8 Å². The topological polar surface area (TPSA) is 37.2 Å². The van der Waals surface area contributed by atoms with Crippen molar-refractivity contribution in [1.29, 1.82) is 0 Å². The molecule has 0 aliphatic carbocycles. The van der Waals surface area contributed by atoms with E-state index >= 15 is 0 Å². The first-order valence-corrected chi connectivity index (χ1v) is 14.6. The number of piperazine rings is 1. The first-order chi connectivity index (χ1) is 19.7. The van der Waals surface area contributed by atoms with Gasteiger partial charge < -0.3 is 9.47 Å². The molecule has 0 atom stereocenters. The zero-order valence-corrected chi connectivity index (χ0v) is 26.1. The number of imidazole rings is 1. The summed E-state index contributed by atoms with van der Waals surface area (Å²) in [5.74, 6) is 0.580. The molecule has 5 nitrogen and oxygen atoms in total. The number of aryl methyl sites for hydroxylation is 1. The molecule has 226 valence electrons. The Hall–Kier alpha value is -3.39. The maximum absolute atomic E-state index is 12.8. The van der Waals surface area contributed by atoms with Gasteiger partial charge in [0.2, 0.25) is 0 Å². The largest absolute Gasteiger partial charge is 0.417 e. The summed E-state index contributed by atoms with van der Waals surface area (Å²) in [7, 11) is 0. The van der Waals surface area contributed by atoms with Crippen molar-refractivity contribution < 1.29 is 13.2 Å². The Morgan fingerprint density at radius 2 is 1.51 bits per heavy atom. The van der Waals surface area contributed by atoms with Crippen LogP contribution in [-0.4, -0.2) is 52.2 Å². The van der Waals surface area contributed by atoms with Gasteiger partial charge in [-0.25, -0.2) is 9.97 Å². The molecule has 1 saturated heterocycles. The first kappa shape index (κ1) is 35.6. The number of allylic oxidation sites excluding steroid dienone is 1. The molecule has 0 amide bonds. The summed E-state index contributed by atoms with van der Waals surface area (Å²) in [6.07, 6.45) is 3.52. The Morgan fingerprint density at radius 3 is 1.95 bits per heavy atom. The van der Waals surface area contributed by atoms with Crippen molar-refractivity contribution in [2.24, 2.45) is 0 Å². The molecule has 3 aromatic rings. The van der Waals surface area contributed by atoms with Gasteiger partial charge in [-0.2, -0.15) is 13.2 Å². The fourth-order valence-corrected chi connectivity index (χ4v) is 4.12. The van der Waals surface area contributed by atoms with Crippen LogP contribution in [-0.2, 0) is 6.18 Å². The molecule has 1 fully saturated rings. The zero-order chi connectivity index (χ0) is 31.0. The molecular weight excluding hydrogens is 523 g/mol. The Morgan fingerprint density at radius 1 is 0.927 bits per heavy atom. The normalized spacial score (nSPS) is 13.6. The molecule has 0 spiro atoms. The minimum absolute atomic E-state index is 0.580. The van der Waals surface area contributed by atoms with E-state index in [1.165, 1.54) is 12.5 Å². The number of alkyl halides is 3. The molecule has 8 heteroatoms. The van der Waals surface area contributed by atoms with Crippen LogP contribution in [0.4, 0.5) is 19.0 Å². The number of halogens is 3. The van der Waals surface area contributed by atoms with Crippen molar-refractivity contribution in [3.63, 3.8) is 0 Å². The lowest BCUT2D eigenvalue weighted by Gasteiger charge is -2.36. The van der Waals surface area contributed by atoms with E-state index < -0.39 is 11.7 Å². The van der Waals surface area contributed by atoms with Gasteiger partial charge in [-0.1, -0.05) is 72.8 Å². The molecule has 41 heavy (non-hydrogen) atoms. The van der Waals surface area contributed by atoms with Crippen LogP contribution in [0.15, 0.2) is 73.3 Å². The van der Waals surface area contributed by atoms with Crippen molar-refractivity contribution in [3.8, 4) is 5.69 Å². The molecule has 1 aliphatic rings. The second-order valence-corrected chi connectivity index (χ2v) is 9.12. The van der Waals surface area contributed by atoms with Crippen LogP contribution >= 0.6 is 0 Å². The zero-order valence-electron chi connectivity index (χ0n) is 26.1. The molecule has 1 aliphatic heterocycles. The van der Waals surface area contributed by atoms with Crippen molar-refractivity contribution in [2.75, 3.05) is 37.6 Å². The van der Waals surface area contributed by atoms with Gasteiger partial charge in [0.15, 0.2) is 0 Å². The predicted octanol–water partition coefficient (Wildman–Crippen LogP) is 8.84. The Labute approximate surface area is 245 Å². The van der Waals surface area contributed by atoms with Gasteiger partial charge >= 0.3 is 6.18 Å². The summed E-state index contributed by atoms with van der Waals surface area (Å²) in [5.41, 5.74) is 4.63. The number of rotatable bonds is 6. The van der Waals surface area contributed by atoms with E-state index in [-0.39, 0.29) is 0 Å². The second-order valence-electron chi connectivity index (χ2n) is 9.12. The van der Waals surface area contributed by atoms with Crippen LogP contribution in [0.25, 0.3) is 11.3 Å². The minimum atomic E-state index is -4.37. The van der Waals surface area contributed by atoms with E-state index in [2.05, 4.69) is 65.6 Å². The van der Waals surface area contributed by atoms with Crippen molar-refractivity contribution in [2.45, 2.75) is 68.0 Å². The monoisotopic (exact) mass is 571 g/mol. The average Bonchev–Trinajstić information content (AvgIpc) is 3.44. The van der Waals surface area contributed by atoms with E-state index in [0.717, 1.165) is 60.0 Å². The minimum Gasteiger partial charge on any atom is -0.354 e. The molecule has 0 saturated carbocycles. The summed E-state index contributed by atoms with van der Waals surface area (Å²) >= 11 is 0. The van der Waals surface area contributed by atoms with Crippen LogP contribution in [0.3, 0.4) is 0 Å². The third-order valence-electron chi connectivity index (χ3n) is 6.22. The van der Waals surface area contributed by atoms with Gasteiger partial charge in [-0.15, -0.1) is 0 Å². The molecule has 4 rings (SSSR count). The van der Waals surface area contributed by atoms with E-state index in [1.807, 2.05) is 57.2 Å². The van der Waals surface area contributed by atoms with Gasteiger partial charge in [0.1, 0.15) is 5.82 Å². The summed E-state index contributed by atoms with van der Waals surface area (Å²) in [6.45, 7) is 24.4. The van der Waals surface area contributed by atoms with Crippen molar-refractivity contribution >= 4 is 11.4 Å². The maximum Gasteiger partial charge on any atom is 0.417 e. The highest BCUT2D eigenvalue weighted by Gasteiger charge is 2.31. The quantitative estimate of drug-likeness (QED) is 0.277. The highest BCUT2D eigenvalue weighted by molar-refractivity contribution is 5.78. The molecule has 2 aromatic heterocycles. The molecule has 0 N–H and O–H groups in total. The van der Waals surface area contributed by atoms with Crippen LogP contribution in [0.5, 0.6) is 0 Å². The SMILES string of the molecule is C=C(/C(=C\C)CN1CCN(c2ccc(C(F)(F)F)cn2)CC1)c1ccc(-n2cncc2C)cc1.CC.CC.CCC. The molecule has 0 bridgehead atoms. The van der Waals surface area contributed by atoms with Gasteiger partial charge in [-0.3, -0.25) is 4.90 Å².